The van der Waals surface area contributed by atoms with Gasteiger partial charge in [-0.1, -0.05) is 13.3 Å². The second kappa shape index (κ2) is 6.18. The molecular weight excluding hydrogens is 264 g/mol. The summed E-state index contributed by atoms with van der Waals surface area (Å²) in [6.07, 6.45) is 9.51. The van der Waals surface area contributed by atoms with E-state index >= 15 is 0 Å². The van der Waals surface area contributed by atoms with Gasteiger partial charge in [-0.05, 0) is 38.6 Å². The Bertz CT molecular complexity index is 498. The van der Waals surface area contributed by atoms with Gasteiger partial charge in [0.2, 0.25) is 5.91 Å². The van der Waals surface area contributed by atoms with Crippen LogP contribution in [0.15, 0.2) is 6.20 Å². The monoisotopic (exact) mass is 290 g/mol. The Morgan fingerprint density at radius 1 is 1.38 bits per heavy atom. The van der Waals surface area contributed by atoms with Crippen LogP contribution in [0.2, 0.25) is 0 Å². The summed E-state index contributed by atoms with van der Waals surface area (Å²) in [7, 11) is 0. The van der Waals surface area contributed by atoms with Crippen molar-refractivity contribution >= 4 is 5.91 Å². The highest BCUT2D eigenvalue weighted by atomic mass is 16.2. The zero-order valence-corrected chi connectivity index (χ0v) is 13.0. The number of aryl methyl sites for hydroxylation is 1. The summed E-state index contributed by atoms with van der Waals surface area (Å²) >= 11 is 0. The van der Waals surface area contributed by atoms with Crippen LogP contribution in [-0.2, 0) is 17.8 Å². The normalized spacial score (nSPS) is 26.4. The summed E-state index contributed by atoms with van der Waals surface area (Å²) in [4.78, 5) is 22.6. The fourth-order valence-electron chi connectivity index (χ4n) is 3.73. The van der Waals surface area contributed by atoms with Crippen LogP contribution in [0, 0.1) is 0 Å². The molecule has 1 aromatic rings. The molecule has 2 aliphatic heterocycles. The van der Waals surface area contributed by atoms with E-state index in [-0.39, 0.29) is 11.4 Å². The lowest BCUT2D eigenvalue weighted by Crippen LogP contribution is -2.58. The molecule has 116 valence electrons. The standard InChI is InChI=1S/C16H26N4O/c1-2-3-6-14-18-11-13(19-14)12-20-10-5-8-16(20)7-4-9-17-15(16)21/h11H,2-10,12H2,1H3,(H,17,21)(H,18,19). The van der Waals surface area contributed by atoms with Crippen molar-refractivity contribution in [3.05, 3.63) is 17.7 Å². The minimum atomic E-state index is -0.257. The van der Waals surface area contributed by atoms with Crippen LogP contribution in [0.4, 0.5) is 0 Å². The average Bonchev–Trinajstić information content (AvgIpc) is 3.09. The highest BCUT2D eigenvalue weighted by Crippen LogP contribution is 2.36. The first-order valence-electron chi connectivity index (χ1n) is 8.31. The van der Waals surface area contributed by atoms with Crippen molar-refractivity contribution in [2.24, 2.45) is 0 Å². The lowest BCUT2D eigenvalue weighted by molar-refractivity contribution is -0.134. The number of carbonyl (C=O) groups excluding carboxylic acids is 1. The van der Waals surface area contributed by atoms with Gasteiger partial charge in [0.1, 0.15) is 11.4 Å². The van der Waals surface area contributed by atoms with Crippen molar-refractivity contribution < 1.29 is 4.79 Å². The van der Waals surface area contributed by atoms with Crippen molar-refractivity contribution in [3.8, 4) is 0 Å². The minimum Gasteiger partial charge on any atom is -0.354 e. The summed E-state index contributed by atoms with van der Waals surface area (Å²) in [6.45, 7) is 4.85. The van der Waals surface area contributed by atoms with E-state index in [1.54, 1.807) is 0 Å². The van der Waals surface area contributed by atoms with Crippen molar-refractivity contribution in [2.45, 2.75) is 64.0 Å². The molecule has 2 saturated heterocycles. The zero-order chi connectivity index (χ0) is 14.7. The Morgan fingerprint density at radius 2 is 2.24 bits per heavy atom. The van der Waals surface area contributed by atoms with Crippen molar-refractivity contribution in [2.75, 3.05) is 13.1 Å². The molecule has 1 amide bonds. The molecule has 3 rings (SSSR count). The van der Waals surface area contributed by atoms with Crippen LogP contribution < -0.4 is 5.32 Å². The number of H-pyrrole nitrogens is 1. The molecule has 2 N–H and O–H groups in total. The zero-order valence-electron chi connectivity index (χ0n) is 13.0. The van der Waals surface area contributed by atoms with Gasteiger partial charge in [-0.2, -0.15) is 0 Å². The third kappa shape index (κ3) is 2.84. The molecule has 0 bridgehead atoms. The third-order valence-electron chi connectivity index (χ3n) is 4.91. The molecule has 2 fully saturated rings. The summed E-state index contributed by atoms with van der Waals surface area (Å²) in [5.41, 5.74) is 0.883. The van der Waals surface area contributed by atoms with E-state index in [1.165, 1.54) is 12.8 Å². The molecule has 0 aliphatic carbocycles. The number of amides is 1. The number of imidazole rings is 1. The van der Waals surface area contributed by atoms with Gasteiger partial charge >= 0.3 is 0 Å². The number of hydrogen-bond donors (Lipinski definition) is 2. The van der Waals surface area contributed by atoms with Crippen molar-refractivity contribution in [1.29, 1.82) is 0 Å². The maximum Gasteiger partial charge on any atom is 0.240 e. The number of aromatic nitrogens is 2. The smallest absolute Gasteiger partial charge is 0.240 e. The average molecular weight is 290 g/mol. The first kappa shape index (κ1) is 14.6. The summed E-state index contributed by atoms with van der Waals surface area (Å²) in [5, 5.41) is 3.06. The second-order valence-corrected chi connectivity index (χ2v) is 6.37. The van der Waals surface area contributed by atoms with E-state index in [4.69, 9.17) is 0 Å². The molecule has 1 atom stereocenters. The number of rotatable bonds is 5. The quantitative estimate of drug-likeness (QED) is 0.872. The number of likely N-dealkylation sites (tertiary alicyclic amines) is 1. The SMILES string of the molecule is CCCCc1ncc(CN2CCCC23CCCNC3=O)[nH]1. The second-order valence-electron chi connectivity index (χ2n) is 6.37. The molecule has 3 heterocycles. The number of nitrogens with zero attached hydrogens (tertiary/aromatic N) is 2. The van der Waals surface area contributed by atoms with Gasteiger partial charge in [-0.25, -0.2) is 4.98 Å². The molecular formula is C16H26N4O. The van der Waals surface area contributed by atoms with Crippen LogP contribution in [0.1, 0.15) is 57.0 Å². The topological polar surface area (TPSA) is 61.0 Å². The fraction of sp³-hybridized carbons (Fsp3) is 0.750. The van der Waals surface area contributed by atoms with E-state index in [9.17, 15) is 4.79 Å². The number of hydrogen-bond acceptors (Lipinski definition) is 3. The van der Waals surface area contributed by atoms with E-state index in [2.05, 4.69) is 27.1 Å². The first-order chi connectivity index (χ1) is 10.2. The molecule has 5 nitrogen and oxygen atoms in total. The summed E-state index contributed by atoms with van der Waals surface area (Å²) in [5.74, 6) is 1.31. The van der Waals surface area contributed by atoms with Gasteiger partial charge in [-0.3, -0.25) is 9.69 Å². The molecule has 2 aliphatic rings. The predicted octanol–water partition coefficient (Wildman–Crippen LogP) is 2.00. The number of piperidine rings is 1. The van der Waals surface area contributed by atoms with E-state index < -0.39 is 0 Å². The van der Waals surface area contributed by atoms with Crippen LogP contribution in [-0.4, -0.2) is 39.4 Å². The molecule has 1 spiro atoms. The molecule has 5 heteroatoms. The first-order valence-corrected chi connectivity index (χ1v) is 8.31. The molecule has 1 unspecified atom stereocenters. The molecule has 21 heavy (non-hydrogen) atoms. The number of carbonyl (C=O) groups is 1. The summed E-state index contributed by atoms with van der Waals surface area (Å²) < 4.78 is 0. The van der Waals surface area contributed by atoms with Gasteiger partial charge < -0.3 is 10.3 Å². The highest BCUT2D eigenvalue weighted by molar-refractivity contribution is 5.87. The Morgan fingerprint density at radius 3 is 3.05 bits per heavy atom. The van der Waals surface area contributed by atoms with Crippen LogP contribution >= 0.6 is 0 Å². The number of nitrogens with one attached hydrogen (secondary N) is 2. The Kier molecular flexibility index (Phi) is 4.29. The van der Waals surface area contributed by atoms with Crippen molar-refractivity contribution in [3.63, 3.8) is 0 Å². The van der Waals surface area contributed by atoms with Crippen molar-refractivity contribution in [1.82, 2.24) is 20.2 Å². The Hall–Kier alpha value is -1.36. The van der Waals surface area contributed by atoms with E-state index in [1.807, 2.05) is 6.20 Å². The molecule has 0 saturated carbocycles. The number of aromatic amines is 1. The molecule has 1 aromatic heterocycles. The van der Waals surface area contributed by atoms with E-state index in [0.29, 0.717) is 0 Å². The molecule has 0 radical (unpaired) electrons. The predicted molar refractivity (Wildman–Crippen MR) is 81.8 cm³/mol. The van der Waals surface area contributed by atoms with Gasteiger partial charge in [0.25, 0.3) is 0 Å². The maximum atomic E-state index is 12.4. The highest BCUT2D eigenvalue weighted by Gasteiger charge is 2.48. The Balaban J connectivity index is 1.68. The largest absolute Gasteiger partial charge is 0.354 e. The minimum absolute atomic E-state index is 0.233. The third-order valence-corrected chi connectivity index (χ3v) is 4.91. The molecule has 0 aromatic carbocycles. The van der Waals surface area contributed by atoms with Gasteiger partial charge in [0, 0.05) is 31.4 Å². The fourth-order valence-corrected chi connectivity index (χ4v) is 3.73. The van der Waals surface area contributed by atoms with Gasteiger partial charge in [0.15, 0.2) is 0 Å². The Labute approximate surface area is 126 Å². The van der Waals surface area contributed by atoms with Crippen LogP contribution in [0.3, 0.4) is 0 Å². The van der Waals surface area contributed by atoms with Gasteiger partial charge in [0.05, 0.1) is 0 Å². The maximum absolute atomic E-state index is 12.4. The van der Waals surface area contributed by atoms with Gasteiger partial charge in [-0.15, -0.1) is 0 Å². The van der Waals surface area contributed by atoms with Crippen LogP contribution in [0.5, 0.6) is 0 Å². The van der Waals surface area contributed by atoms with E-state index in [0.717, 1.165) is 63.3 Å². The van der Waals surface area contributed by atoms with Crippen LogP contribution in [0.25, 0.3) is 0 Å². The lowest BCUT2D eigenvalue weighted by atomic mass is 9.86. The summed E-state index contributed by atoms with van der Waals surface area (Å²) in [6, 6.07) is 0. The lowest BCUT2D eigenvalue weighted by Gasteiger charge is -2.39. The number of unbranched alkanes of at least 4 members (excludes halogenated alkanes) is 1.